The van der Waals surface area contributed by atoms with Crippen LogP contribution in [-0.2, 0) is 4.74 Å². The SMILES string of the molecule is COC1=C2C=CC=CC2[OH+]C=C1. The summed E-state index contributed by atoms with van der Waals surface area (Å²) in [4.78, 5) is 0. The maximum Gasteiger partial charge on any atom is 0.232 e. The summed E-state index contributed by atoms with van der Waals surface area (Å²) in [6.07, 6.45) is 11.9. The topological polar surface area (TPSA) is 22.0 Å². The first-order chi connectivity index (χ1) is 5.92. The van der Waals surface area contributed by atoms with Gasteiger partial charge in [0.15, 0.2) is 0 Å². The predicted octanol–water partition coefficient (Wildman–Crippen LogP) is 1.44. The lowest BCUT2D eigenvalue weighted by Crippen LogP contribution is -2.19. The third-order valence-electron chi connectivity index (χ3n) is 1.98. The van der Waals surface area contributed by atoms with E-state index in [2.05, 4.69) is 10.8 Å². The molecule has 0 aromatic rings. The van der Waals surface area contributed by atoms with Crippen LogP contribution in [0, 0.1) is 0 Å². The van der Waals surface area contributed by atoms with E-state index in [1.54, 1.807) is 13.4 Å². The number of hydrogen-bond donors (Lipinski definition) is 0. The van der Waals surface area contributed by atoms with Crippen LogP contribution >= 0.6 is 0 Å². The van der Waals surface area contributed by atoms with Gasteiger partial charge in [-0.25, -0.2) is 0 Å². The maximum atomic E-state index is 5.21. The molecule has 1 unspecified atom stereocenters. The Hall–Kier alpha value is -1.44. The van der Waals surface area contributed by atoms with E-state index in [0.717, 1.165) is 11.3 Å². The number of hydrogen-bond acceptors (Lipinski definition) is 1. The lowest BCUT2D eigenvalue weighted by Gasteiger charge is -2.19. The second kappa shape index (κ2) is 2.89. The van der Waals surface area contributed by atoms with Crippen LogP contribution in [0.25, 0.3) is 0 Å². The third-order valence-corrected chi connectivity index (χ3v) is 1.98. The molecule has 2 aliphatic rings. The molecule has 1 heterocycles. The number of aliphatic hydroxyl groups is 2. The van der Waals surface area contributed by atoms with Crippen LogP contribution in [0.2, 0.25) is 0 Å². The van der Waals surface area contributed by atoms with Crippen LogP contribution in [0.3, 0.4) is 0 Å². The van der Waals surface area contributed by atoms with E-state index >= 15 is 0 Å². The van der Waals surface area contributed by atoms with Crippen molar-refractivity contribution in [3.63, 3.8) is 0 Å². The van der Waals surface area contributed by atoms with Crippen LogP contribution in [0.5, 0.6) is 0 Å². The molecule has 0 aromatic carbocycles. The minimum Gasteiger partial charge on any atom is -0.580 e. The number of rotatable bonds is 1. The Balaban J connectivity index is 2.39. The Bertz CT molecular complexity index is 295. The van der Waals surface area contributed by atoms with Gasteiger partial charge < -0.3 is 9.47 Å². The first-order valence-corrected chi connectivity index (χ1v) is 3.91. The molecule has 1 atom stereocenters. The molecule has 0 radical (unpaired) electrons. The van der Waals surface area contributed by atoms with Crippen LogP contribution in [0.4, 0.5) is 0 Å². The highest BCUT2D eigenvalue weighted by Gasteiger charge is 2.22. The van der Waals surface area contributed by atoms with Gasteiger partial charge in [0.2, 0.25) is 12.4 Å². The second-order valence-electron chi connectivity index (χ2n) is 2.68. The van der Waals surface area contributed by atoms with Crippen molar-refractivity contribution in [3.05, 3.63) is 48.0 Å². The molecule has 0 spiro atoms. The molecule has 0 saturated heterocycles. The third kappa shape index (κ3) is 1.05. The largest absolute Gasteiger partial charge is 0.580 e. The molecule has 2 heteroatoms. The van der Waals surface area contributed by atoms with E-state index in [1.807, 2.05) is 24.3 Å². The summed E-state index contributed by atoms with van der Waals surface area (Å²) in [5.41, 5.74) is 1.14. The molecular formula is C10H11O2+. The van der Waals surface area contributed by atoms with Crippen molar-refractivity contribution in [1.82, 2.24) is 0 Å². The standard InChI is InChI=1S/C10H10O2/c1-11-9-6-7-12-10-5-3-2-4-8(9)10/h2-7,10H,1H3/p+1. The fourth-order valence-electron chi connectivity index (χ4n) is 1.37. The molecule has 12 heavy (non-hydrogen) atoms. The lowest BCUT2D eigenvalue weighted by atomic mass is 10.0. The van der Waals surface area contributed by atoms with E-state index in [4.69, 9.17) is 4.74 Å². The number of allylic oxidation sites excluding steroid dienone is 3. The average Bonchev–Trinajstić information content (AvgIpc) is 2.17. The van der Waals surface area contributed by atoms with Crippen LogP contribution in [0.15, 0.2) is 48.0 Å². The monoisotopic (exact) mass is 163 g/mol. The van der Waals surface area contributed by atoms with Crippen molar-refractivity contribution in [2.45, 2.75) is 6.10 Å². The molecule has 2 nitrogen and oxygen atoms in total. The fraction of sp³-hybridized carbons (Fsp3) is 0.200. The van der Waals surface area contributed by atoms with Gasteiger partial charge in [-0.15, -0.1) is 0 Å². The Morgan fingerprint density at radius 2 is 2.25 bits per heavy atom. The molecule has 62 valence electrons. The minimum absolute atomic E-state index is 0.162. The van der Waals surface area contributed by atoms with Gasteiger partial charge in [0, 0.05) is 6.08 Å². The first-order valence-electron chi connectivity index (χ1n) is 3.91. The maximum absolute atomic E-state index is 5.21. The van der Waals surface area contributed by atoms with Crippen LogP contribution < -0.4 is 0 Å². The number of fused-ring (bicyclic) bond motifs is 1. The molecule has 0 bridgehead atoms. The normalized spacial score (nSPS) is 25.2. The summed E-state index contributed by atoms with van der Waals surface area (Å²) in [7, 11) is 1.68. The van der Waals surface area contributed by atoms with Crippen molar-refractivity contribution in [3.8, 4) is 0 Å². The summed E-state index contributed by atoms with van der Waals surface area (Å²) < 4.78 is 9.50. The van der Waals surface area contributed by atoms with Crippen LogP contribution in [0.1, 0.15) is 0 Å². The predicted molar refractivity (Wildman–Crippen MR) is 47.5 cm³/mol. The highest BCUT2D eigenvalue weighted by Crippen LogP contribution is 2.22. The lowest BCUT2D eigenvalue weighted by molar-refractivity contribution is 0.0280. The number of methoxy groups -OCH3 is 1. The zero-order valence-electron chi connectivity index (χ0n) is 6.90. The van der Waals surface area contributed by atoms with Gasteiger partial charge in [-0.3, -0.25) is 0 Å². The van der Waals surface area contributed by atoms with E-state index in [1.165, 1.54) is 0 Å². The zero-order valence-corrected chi connectivity index (χ0v) is 6.90. The smallest absolute Gasteiger partial charge is 0.232 e. The van der Waals surface area contributed by atoms with Crippen molar-refractivity contribution < 1.29 is 9.47 Å². The Morgan fingerprint density at radius 1 is 1.33 bits per heavy atom. The van der Waals surface area contributed by atoms with Crippen molar-refractivity contribution in [1.29, 1.82) is 0 Å². The minimum atomic E-state index is 0.162. The van der Waals surface area contributed by atoms with E-state index < -0.39 is 0 Å². The summed E-state index contributed by atoms with van der Waals surface area (Å²) in [5, 5.41) is 0. The van der Waals surface area contributed by atoms with Crippen molar-refractivity contribution >= 4 is 0 Å². The molecule has 0 fully saturated rings. The molecule has 1 N–H and O–H groups in total. The molecule has 0 aromatic heterocycles. The summed E-state index contributed by atoms with van der Waals surface area (Å²) in [5.74, 6) is 0.913. The first kappa shape index (κ1) is 7.22. The molecule has 0 amide bonds. The van der Waals surface area contributed by atoms with Gasteiger partial charge in [-0.05, 0) is 6.08 Å². The molecule has 0 saturated carbocycles. The summed E-state index contributed by atoms with van der Waals surface area (Å²) >= 11 is 0. The van der Waals surface area contributed by atoms with E-state index in [9.17, 15) is 0 Å². The zero-order chi connectivity index (χ0) is 8.39. The Labute approximate surface area is 71.5 Å². The highest BCUT2D eigenvalue weighted by molar-refractivity contribution is 5.41. The van der Waals surface area contributed by atoms with Gasteiger partial charge in [-0.1, -0.05) is 12.2 Å². The van der Waals surface area contributed by atoms with Gasteiger partial charge in [0.05, 0.1) is 18.8 Å². The number of ether oxygens (including phenoxy) is 2. The molecule has 2 rings (SSSR count). The van der Waals surface area contributed by atoms with Crippen molar-refractivity contribution in [2.75, 3.05) is 7.11 Å². The summed E-state index contributed by atoms with van der Waals surface area (Å²) in [6, 6.07) is 0. The van der Waals surface area contributed by atoms with E-state index in [0.29, 0.717) is 0 Å². The van der Waals surface area contributed by atoms with Gasteiger partial charge in [-0.2, -0.15) is 0 Å². The average molecular weight is 163 g/mol. The summed E-state index contributed by atoms with van der Waals surface area (Å²) in [6.45, 7) is 0. The Morgan fingerprint density at radius 3 is 3.08 bits per heavy atom. The van der Waals surface area contributed by atoms with Gasteiger partial charge in [0.25, 0.3) is 0 Å². The molecular weight excluding hydrogens is 152 g/mol. The van der Waals surface area contributed by atoms with Crippen LogP contribution in [-0.4, -0.2) is 18.0 Å². The molecule has 1 aliphatic carbocycles. The second-order valence-corrected chi connectivity index (χ2v) is 2.68. The fourth-order valence-corrected chi connectivity index (χ4v) is 1.37. The van der Waals surface area contributed by atoms with Gasteiger partial charge >= 0.3 is 0 Å². The molecule has 1 aliphatic heterocycles. The van der Waals surface area contributed by atoms with E-state index in [-0.39, 0.29) is 6.10 Å². The Kier molecular flexibility index (Phi) is 1.74. The highest BCUT2D eigenvalue weighted by atomic mass is 16.5. The van der Waals surface area contributed by atoms with Crippen molar-refractivity contribution in [2.24, 2.45) is 0 Å². The quantitative estimate of drug-likeness (QED) is 0.536. The van der Waals surface area contributed by atoms with Gasteiger partial charge in [0.1, 0.15) is 5.76 Å².